The van der Waals surface area contributed by atoms with Crippen LogP contribution in [0.4, 0.5) is 0 Å². The molecule has 0 fully saturated rings. The molecule has 0 aromatic heterocycles. The molecule has 4 nitrogen and oxygen atoms in total. The summed E-state index contributed by atoms with van der Waals surface area (Å²) >= 11 is 0. The van der Waals surface area contributed by atoms with Crippen LogP contribution >= 0.6 is 0 Å². The lowest BCUT2D eigenvalue weighted by atomic mass is 10.2. The molecule has 0 aliphatic rings. The van der Waals surface area contributed by atoms with E-state index in [9.17, 15) is 10.0 Å². The van der Waals surface area contributed by atoms with Gasteiger partial charge in [0.1, 0.15) is 0 Å². The first kappa shape index (κ1) is 21.1. The van der Waals surface area contributed by atoms with Crippen molar-refractivity contribution >= 4 is 24.4 Å². The molecule has 1 amide bonds. The van der Waals surface area contributed by atoms with Gasteiger partial charge in [0.25, 0.3) is 5.91 Å². The lowest BCUT2D eigenvalue weighted by Gasteiger charge is -2.45. The molecule has 0 unspecified atom stereocenters. The summed E-state index contributed by atoms with van der Waals surface area (Å²) in [7, 11) is -2.86. The molecule has 0 saturated carbocycles. The molecule has 2 aromatic rings. The number of nitrogens with zero attached hydrogens (tertiary/aromatic N) is 1. The van der Waals surface area contributed by atoms with Crippen LogP contribution in [-0.4, -0.2) is 30.5 Å². The lowest BCUT2D eigenvalue weighted by Crippen LogP contribution is -2.67. The summed E-state index contributed by atoms with van der Waals surface area (Å²) in [6.07, 6.45) is -0.328. The number of hydrogen-bond acceptors (Lipinski definition) is 3. The minimum atomic E-state index is -2.86. The Morgan fingerprint density at radius 1 is 1.00 bits per heavy atom. The van der Waals surface area contributed by atoms with Crippen molar-refractivity contribution in [2.75, 3.05) is 0 Å². The van der Waals surface area contributed by atoms with E-state index in [0.717, 1.165) is 10.4 Å². The summed E-state index contributed by atoms with van der Waals surface area (Å²) in [5.74, 6) is -0.599. The largest absolute Gasteiger partial charge is 0.296 e. The number of hydroxylamine groups is 2. The minimum absolute atomic E-state index is 0.277. The van der Waals surface area contributed by atoms with Gasteiger partial charge in [-0.25, -0.2) is 4.84 Å². The molecule has 5 heteroatoms. The number of rotatable bonds is 6. The quantitative estimate of drug-likeness (QED) is 0.358. The second kappa shape index (κ2) is 8.21. The van der Waals surface area contributed by atoms with E-state index in [2.05, 4.69) is 27.4 Å². The summed E-state index contributed by atoms with van der Waals surface area (Å²) < 4.78 is 0. The SMILES string of the molecule is C=C(C(=O)N(O)OC(C)C)[Si](c1ccccc1)(c1ccccc1)C(C)(C)C. The lowest BCUT2D eigenvalue weighted by molar-refractivity contribution is -0.326. The van der Waals surface area contributed by atoms with Gasteiger partial charge in [0.2, 0.25) is 0 Å². The number of benzene rings is 2. The molecule has 1 N–H and O–H groups in total. The highest BCUT2D eigenvalue weighted by Gasteiger charge is 2.52. The van der Waals surface area contributed by atoms with Gasteiger partial charge < -0.3 is 0 Å². The monoisotopic (exact) mass is 383 g/mol. The molecular formula is C22H29NO3Si. The fraction of sp³-hybridized carbons (Fsp3) is 0.318. The van der Waals surface area contributed by atoms with Crippen LogP contribution in [0.15, 0.2) is 72.4 Å². The molecule has 0 bridgehead atoms. The second-order valence-corrected chi connectivity index (χ2v) is 12.7. The van der Waals surface area contributed by atoms with Gasteiger partial charge >= 0.3 is 0 Å². The zero-order valence-corrected chi connectivity index (χ0v) is 17.8. The average Bonchev–Trinajstić information content (AvgIpc) is 2.61. The van der Waals surface area contributed by atoms with Crippen molar-refractivity contribution in [3.63, 3.8) is 0 Å². The average molecular weight is 384 g/mol. The predicted molar refractivity (Wildman–Crippen MR) is 112 cm³/mol. The summed E-state index contributed by atoms with van der Waals surface area (Å²) in [6, 6.07) is 20.0. The van der Waals surface area contributed by atoms with Crippen molar-refractivity contribution < 1.29 is 14.8 Å². The van der Waals surface area contributed by atoms with Crippen LogP contribution in [0.2, 0.25) is 5.04 Å². The molecule has 0 aliphatic carbocycles. The standard InChI is InChI=1S/C22H29NO3Si/c1-17(2)26-23(25)21(24)18(3)27(22(4,5)6,19-13-9-7-10-14-19)20-15-11-8-12-16-20/h7-17,25H,3H2,1-2,4-6H3. The summed E-state index contributed by atoms with van der Waals surface area (Å²) in [5.41, 5.74) is 0. The smallest absolute Gasteiger partial charge is 0.265 e. The van der Waals surface area contributed by atoms with E-state index in [1.165, 1.54) is 0 Å². The van der Waals surface area contributed by atoms with Gasteiger partial charge in [0, 0.05) is 5.20 Å². The Balaban J connectivity index is 2.73. The Hall–Kier alpha value is -2.21. The highest BCUT2D eigenvalue weighted by molar-refractivity contribution is 7.11. The normalized spacial score (nSPS) is 12.1. The number of hydrogen-bond donors (Lipinski definition) is 1. The fourth-order valence-corrected chi connectivity index (χ4v) is 9.20. The Labute approximate surface area is 163 Å². The molecule has 0 saturated heterocycles. The van der Waals surface area contributed by atoms with Gasteiger partial charge in [0.15, 0.2) is 8.07 Å². The Morgan fingerprint density at radius 3 is 1.74 bits per heavy atom. The van der Waals surface area contributed by atoms with Gasteiger partial charge in [-0.2, -0.15) is 0 Å². The van der Waals surface area contributed by atoms with E-state index < -0.39 is 14.0 Å². The Morgan fingerprint density at radius 2 is 1.41 bits per heavy atom. The van der Waals surface area contributed by atoms with Gasteiger partial charge in [-0.3, -0.25) is 10.0 Å². The minimum Gasteiger partial charge on any atom is -0.265 e. The van der Waals surface area contributed by atoms with Crippen LogP contribution in [-0.2, 0) is 9.63 Å². The molecule has 144 valence electrons. The third-order valence-corrected chi connectivity index (χ3v) is 10.5. The first-order valence-corrected chi connectivity index (χ1v) is 11.1. The van der Waals surface area contributed by atoms with Crippen molar-refractivity contribution in [3.8, 4) is 0 Å². The van der Waals surface area contributed by atoms with Crippen LogP contribution in [0.3, 0.4) is 0 Å². The molecular weight excluding hydrogens is 354 g/mol. The third-order valence-electron chi connectivity index (χ3n) is 4.73. The van der Waals surface area contributed by atoms with Crippen LogP contribution < -0.4 is 10.4 Å². The van der Waals surface area contributed by atoms with Gasteiger partial charge in [0.05, 0.1) is 6.10 Å². The van der Waals surface area contributed by atoms with Crippen LogP contribution in [0.5, 0.6) is 0 Å². The van der Waals surface area contributed by atoms with Gasteiger partial charge in [-0.1, -0.05) is 93.2 Å². The highest BCUT2D eigenvalue weighted by Crippen LogP contribution is 2.40. The zero-order valence-electron chi connectivity index (χ0n) is 16.8. The first-order chi connectivity index (χ1) is 12.6. The topological polar surface area (TPSA) is 49.8 Å². The summed E-state index contributed by atoms with van der Waals surface area (Å²) in [6.45, 7) is 14.1. The van der Waals surface area contributed by atoms with Crippen LogP contribution in [0.25, 0.3) is 0 Å². The fourth-order valence-electron chi connectivity index (χ4n) is 3.73. The van der Waals surface area contributed by atoms with Gasteiger partial charge in [-0.05, 0) is 29.3 Å². The summed E-state index contributed by atoms with van der Waals surface area (Å²) in [5, 5.41) is 12.8. The maximum absolute atomic E-state index is 13.1. The van der Waals surface area contributed by atoms with E-state index in [1.807, 2.05) is 60.7 Å². The number of amides is 1. The molecule has 0 heterocycles. The maximum atomic E-state index is 13.1. The number of carbonyl (C=O) groups is 1. The number of carbonyl (C=O) groups excluding carboxylic acids is 1. The van der Waals surface area contributed by atoms with Crippen LogP contribution in [0.1, 0.15) is 34.6 Å². The van der Waals surface area contributed by atoms with Crippen molar-refractivity contribution in [2.45, 2.75) is 45.8 Å². The highest BCUT2D eigenvalue weighted by atomic mass is 28.3. The maximum Gasteiger partial charge on any atom is 0.296 e. The summed E-state index contributed by atoms with van der Waals surface area (Å²) in [4.78, 5) is 18.3. The van der Waals surface area contributed by atoms with Crippen molar-refractivity contribution in [3.05, 3.63) is 72.4 Å². The van der Waals surface area contributed by atoms with Gasteiger partial charge in [-0.15, -0.1) is 0 Å². The molecule has 0 radical (unpaired) electrons. The molecule has 27 heavy (non-hydrogen) atoms. The van der Waals surface area contributed by atoms with E-state index in [-0.39, 0.29) is 11.1 Å². The van der Waals surface area contributed by atoms with E-state index in [0.29, 0.717) is 10.4 Å². The Kier molecular flexibility index (Phi) is 6.41. The van der Waals surface area contributed by atoms with E-state index in [1.54, 1.807) is 13.8 Å². The molecule has 2 aromatic carbocycles. The molecule has 0 spiro atoms. The molecule has 2 rings (SSSR count). The molecule has 0 atom stereocenters. The second-order valence-electron chi connectivity index (χ2n) is 7.94. The third kappa shape index (κ3) is 4.05. The molecule has 0 aliphatic heterocycles. The first-order valence-electron chi connectivity index (χ1n) is 9.13. The van der Waals surface area contributed by atoms with Crippen LogP contribution in [0, 0.1) is 0 Å². The predicted octanol–water partition coefficient (Wildman–Crippen LogP) is 3.70. The zero-order chi connectivity index (χ0) is 20.2. The van der Waals surface area contributed by atoms with E-state index in [4.69, 9.17) is 4.84 Å². The van der Waals surface area contributed by atoms with E-state index >= 15 is 0 Å². The van der Waals surface area contributed by atoms with Crippen molar-refractivity contribution in [1.29, 1.82) is 0 Å². The Bertz CT molecular complexity index is 743. The van der Waals surface area contributed by atoms with Crippen molar-refractivity contribution in [2.24, 2.45) is 0 Å². The van der Waals surface area contributed by atoms with Crippen molar-refractivity contribution in [1.82, 2.24) is 5.23 Å².